The van der Waals surface area contributed by atoms with Crippen LogP contribution in [0.4, 0.5) is 10.1 Å². The lowest BCUT2D eigenvalue weighted by molar-refractivity contribution is -0.117. The summed E-state index contributed by atoms with van der Waals surface area (Å²) < 4.78 is 19.1. The molecule has 5 nitrogen and oxygen atoms in total. The Bertz CT molecular complexity index is 1010. The lowest BCUT2D eigenvalue weighted by Gasteiger charge is -2.24. The van der Waals surface area contributed by atoms with Crippen LogP contribution in [0.3, 0.4) is 0 Å². The largest absolute Gasteiger partial charge is 0.503 e. The maximum atomic E-state index is 13.7. The topological polar surface area (TPSA) is 70.8 Å². The van der Waals surface area contributed by atoms with Crippen LogP contribution in [0.5, 0.6) is 0 Å². The molecular formula is C19H12FNO4S. The Morgan fingerprint density at radius 2 is 2.04 bits per heavy atom. The van der Waals surface area contributed by atoms with Crippen LogP contribution in [0.1, 0.15) is 21.5 Å². The third kappa shape index (κ3) is 2.53. The van der Waals surface area contributed by atoms with E-state index in [0.29, 0.717) is 10.6 Å². The van der Waals surface area contributed by atoms with E-state index in [0.717, 1.165) is 4.90 Å². The van der Waals surface area contributed by atoms with Gasteiger partial charge in [0.15, 0.2) is 5.76 Å². The van der Waals surface area contributed by atoms with Crippen molar-refractivity contribution >= 4 is 28.7 Å². The van der Waals surface area contributed by atoms with E-state index >= 15 is 0 Å². The van der Waals surface area contributed by atoms with Gasteiger partial charge in [-0.15, -0.1) is 11.3 Å². The summed E-state index contributed by atoms with van der Waals surface area (Å²) >= 11 is 1.20. The molecule has 0 saturated carbocycles. The first kappa shape index (κ1) is 16.3. The predicted octanol–water partition coefficient (Wildman–Crippen LogP) is 4.26. The van der Waals surface area contributed by atoms with Crippen LogP contribution in [0.25, 0.3) is 0 Å². The van der Waals surface area contributed by atoms with Crippen molar-refractivity contribution in [2.45, 2.75) is 6.04 Å². The Labute approximate surface area is 151 Å². The van der Waals surface area contributed by atoms with Crippen molar-refractivity contribution in [3.63, 3.8) is 0 Å². The van der Waals surface area contributed by atoms with Gasteiger partial charge in [0.25, 0.3) is 5.91 Å². The van der Waals surface area contributed by atoms with Gasteiger partial charge in [-0.3, -0.25) is 14.5 Å². The molecule has 3 heterocycles. The maximum Gasteiger partial charge on any atom is 0.294 e. The van der Waals surface area contributed by atoms with E-state index in [-0.39, 0.29) is 11.3 Å². The number of benzene rings is 1. The first-order valence-electron chi connectivity index (χ1n) is 7.72. The molecule has 4 rings (SSSR count). The SMILES string of the molecule is O=C(C1=C(O)C(=O)N(c2cccc(F)c2)C1c1ccco1)c1cccs1. The molecule has 1 N–H and O–H groups in total. The van der Waals surface area contributed by atoms with Gasteiger partial charge in [-0.05, 0) is 41.8 Å². The summed E-state index contributed by atoms with van der Waals surface area (Å²) in [5.41, 5.74) is 0.133. The molecular weight excluding hydrogens is 357 g/mol. The van der Waals surface area contributed by atoms with Crippen LogP contribution < -0.4 is 4.90 Å². The Kier molecular flexibility index (Phi) is 3.93. The van der Waals surface area contributed by atoms with Gasteiger partial charge in [0.2, 0.25) is 5.78 Å². The molecule has 1 aromatic carbocycles. The zero-order valence-corrected chi connectivity index (χ0v) is 14.1. The van der Waals surface area contributed by atoms with Crippen molar-refractivity contribution in [2.75, 3.05) is 4.90 Å². The quantitative estimate of drug-likeness (QED) is 0.698. The Morgan fingerprint density at radius 3 is 2.69 bits per heavy atom. The van der Waals surface area contributed by atoms with Gasteiger partial charge >= 0.3 is 0 Å². The van der Waals surface area contributed by atoms with Crippen LogP contribution in [0, 0.1) is 5.82 Å². The first-order chi connectivity index (χ1) is 12.6. The Balaban J connectivity index is 1.87. The number of hydrogen-bond acceptors (Lipinski definition) is 5. The second-order valence-corrected chi connectivity index (χ2v) is 6.59. The summed E-state index contributed by atoms with van der Waals surface area (Å²) in [6.07, 6.45) is 1.41. The van der Waals surface area contributed by atoms with Crippen LogP contribution >= 0.6 is 11.3 Å². The molecule has 1 aliphatic heterocycles. The number of nitrogens with zero attached hydrogens (tertiary/aromatic N) is 1. The fraction of sp³-hybridized carbons (Fsp3) is 0.0526. The van der Waals surface area contributed by atoms with Gasteiger partial charge < -0.3 is 9.52 Å². The first-order valence-corrected chi connectivity index (χ1v) is 8.59. The highest BCUT2D eigenvalue weighted by molar-refractivity contribution is 7.12. The molecule has 26 heavy (non-hydrogen) atoms. The number of anilines is 1. The number of carbonyl (C=O) groups is 2. The number of ketones is 1. The number of thiophene rings is 1. The third-order valence-electron chi connectivity index (χ3n) is 4.10. The summed E-state index contributed by atoms with van der Waals surface area (Å²) in [5.74, 6) is -2.14. The molecule has 0 saturated heterocycles. The normalized spacial score (nSPS) is 17.2. The minimum atomic E-state index is -0.978. The van der Waals surface area contributed by atoms with Crippen molar-refractivity contribution in [1.29, 1.82) is 0 Å². The average Bonchev–Trinajstić information content (AvgIpc) is 3.36. The van der Waals surface area contributed by atoms with E-state index in [4.69, 9.17) is 4.42 Å². The van der Waals surface area contributed by atoms with Gasteiger partial charge in [0.05, 0.1) is 16.7 Å². The van der Waals surface area contributed by atoms with Crippen LogP contribution in [0.15, 0.2) is 75.9 Å². The number of amides is 1. The number of Topliss-reactive ketones (excluding diaryl/α,β-unsaturated/α-hetero) is 1. The lowest BCUT2D eigenvalue weighted by Crippen LogP contribution is -2.30. The van der Waals surface area contributed by atoms with Crippen molar-refractivity contribution in [2.24, 2.45) is 0 Å². The van der Waals surface area contributed by atoms with Crippen LogP contribution in [-0.2, 0) is 4.79 Å². The number of rotatable bonds is 4. The van der Waals surface area contributed by atoms with Gasteiger partial charge in [0, 0.05) is 5.69 Å². The van der Waals surface area contributed by atoms with E-state index in [9.17, 15) is 19.1 Å². The van der Waals surface area contributed by atoms with Crippen LogP contribution in [0.2, 0.25) is 0 Å². The highest BCUT2D eigenvalue weighted by Gasteiger charge is 2.46. The van der Waals surface area contributed by atoms with Crippen LogP contribution in [-0.4, -0.2) is 16.8 Å². The molecule has 0 spiro atoms. The van der Waals surface area contributed by atoms with E-state index in [2.05, 4.69) is 0 Å². The molecule has 7 heteroatoms. The zero-order chi connectivity index (χ0) is 18.3. The summed E-state index contributed by atoms with van der Waals surface area (Å²) in [6.45, 7) is 0. The summed E-state index contributed by atoms with van der Waals surface area (Å²) in [6, 6.07) is 11.0. The fourth-order valence-electron chi connectivity index (χ4n) is 2.99. The smallest absolute Gasteiger partial charge is 0.294 e. The minimum absolute atomic E-state index is 0.0864. The van der Waals surface area contributed by atoms with Crippen molar-refractivity contribution in [3.8, 4) is 0 Å². The number of furan rings is 1. The fourth-order valence-corrected chi connectivity index (χ4v) is 3.66. The molecule has 1 atom stereocenters. The molecule has 2 aromatic heterocycles. The maximum absolute atomic E-state index is 13.7. The summed E-state index contributed by atoms with van der Waals surface area (Å²) in [5, 5.41) is 12.2. The van der Waals surface area contributed by atoms with E-state index in [1.54, 1.807) is 29.6 Å². The van der Waals surface area contributed by atoms with E-state index in [1.807, 2.05) is 0 Å². The van der Waals surface area contributed by atoms with Gasteiger partial charge in [-0.25, -0.2) is 4.39 Å². The van der Waals surface area contributed by atoms with Crippen molar-refractivity contribution < 1.29 is 23.5 Å². The number of hydrogen-bond donors (Lipinski definition) is 1. The Hall–Kier alpha value is -3.19. The molecule has 1 amide bonds. The molecule has 130 valence electrons. The Morgan fingerprint density at radius 1 is 1.19 bits per heavy atom. The number of aliphatic hydroxyl groups excluding tert-OH is 1. The van der Waals surface area contributed by atoms with Gasteiger partial charge in [-0.2, -0.15) is 0 Å². The molecule has 0 fully saturated rings. The highest BCUT2D eigenvalue weighted by Crippen LogP contribution is 2.42. The number of carbonyl (C=O) groups excluding carboxylic acids is 2. The highest BCUT2D eigenvalue weighted by atomic mass is 32.1. The number of halogens is 1. The van der Waals surface area contributed by atoms with Gasteiger partial charge in [0.1, 0.15) is 17.6 Å². The zero-order valence-electron chi connectivity index (χ0n) is 13.3. The predicted molar refractivity (Wildman–Crippen MR) is 93.6 cm³/mol. The summed E-state index contributed by atoms with van der Waals surface area (Å²) in [7, 11) is 0. The van der Waals surface area contributed by atoms with Gasteiger partial charge in [-0.1, -0.05) is 12.1 Å². The second kappa shape index (κ2) is 6.27. The lowest BCUT2D eigenvalue weighted by atomic mass is 10.00. The average molecular weight is 369 g/mol. The summed E-state index contributed by atoms with van der Waals surface area (Å²) in [4.78, 5) is 27.2. The molecule has 1 unspecified atom stereocenters. The standard InChI is InChI=1S/C19H12FNO4S/c20-11-4-1-5-12(10-11)21-16(13-6-2-8-25-13)15(18(23)19(21)24)17(22)14-7-3-9-26-14/h1-10,16,23H. The van der Waals surface area contributed by atoms with E-state index < -0.39 is 29.3 Å². The molecule has 0 radical (unpaired) electrons. The third-order valence-corrected chi connectivity index (χ3v) is 4.97. The minimum Gasteiger partial charge on any atom is -0.503 e. The van der Waals surface area contributed by atoms with E-state index in [1.165, 1.54) is 41.9 Å². The second-order valence-electron chi connectivity index (χ2n) is 5.64. The van der Waals surface area contributed by atoms with Crippen molar-refractivity contribution in [1.82, 2.24) is 0 Å². The molecule has 3 aromatic rings. The van der Waals surface area contributed by atoms with Crippen molar-refractivity contribution in [3.05, 3.63) is 88.0 Å². The molecule has 0 bridgehead atoms. The monoisotopic (exact) mass is 369 g/mol. The molecule has 0 aliphatic carbocycles. The molecule has 1 aliphatic rings. The number of aliphatic hydroxyl groups is 1.